The average molecular weight is 225 g/mol. The average Bonchev–Trinajstić information content (AvgIpc) is 2.28. The molecule has 1 rings (SSSR count). The molecule has 0 aliphatic rings. The molecule has 88 valence electrons. The van der Waals surface area contributed by atoms with E-state index in [4.69, 9.17) is 10.5 Å². The highest BCUT2D eigenvalue weighted by Crippen LogP contribution is 2.29. The summed E-state index contributed by atoms with van der Waals surface area (Å²) < 4.78 is 4.90. The van der Waals surface area contributed by atoms with Crippen LogP contribution in [-0.2, 0) is 0 Å². The van der Waals surface area contributed by atoms with E-state index < -0.39 is 4.92 Å². The van der Waals surface area contributed by atoms with Gasteiger partial charge >= 0.3 is 5.69 Å². The lowest BCUT2D eigenvalue weighted by Crippen LogP contribution is -2.25. The van der Waals surface area contributed by atoms with Gasteiger partial charge < -0.3 is 15.8 Å². The van der Waals surface area contributed by atoms with E-state index in [2.05, 4.69) is 5.32 Å². The topological polar surface area (TPSA) is 90.4 Å². The van der Waals surface area contributed by atoms with E-state index in [1.165, 1.54) is 13.2 Å². The molecule has 0 amide bonds. The molecule has 16 heavy (non-hydrogen) atoms. The molecule has 0 aliphatic heterocycles. The highest BCUT2D eigenvalue weighted by atomic mass is 16.6. The number of rotatable bonds is 5. The maximum Gasteiger partial charge on any atom is 0.312 e. The molecule has 0 fully saturated rings. The number of methoxy groups -OCH3 is 1. The van der Waals surface area contributed by atoms with Gasteiger partial charge in [-0.2, -0.15) is 0 Å². The molecular formula is C10H15N3O3. The van der Waals surface area contributed by atoms with Gasteiger partial charge in [-0.3, -0.25) is 10.1 Å². The van der Waals surface area contributed by atoms with Gasteiger partial charge in [-0.05, 0) is 19.1 Å². The molecule has 6 heteroatoms. The zero-order chi connectivity index (χ0) is 12.1. The first-order valence-corrected chi connectivity index (χ1v) is 4.87. The molecule has 6 nitrogen and oxygen atoms in total. The third-order valence-corrected chi connectivity index (χ3v) is 2.14. The van der Waals surface area contributed by atoms with Crippen LogP contribution in [0.4, 0.5) is 11.4 Å². The molecule has 1 atom stereocenters. The smallest absolute Gasteiger partial charge is 0.312 e. The normalized spacial score (nSPS) is 11.9. The Hall–Kier alpha value is -1.82. The van der Waals surface area contributed by atoms with Gasteiger partial charge in [0.05, 0.1) is 12.0 Å². The van der Waals surface area contributed by atoms with Crippen LogP contribution in [0.5, 0.6) is 5.75 Å². The third-order valence-electron chi connectivity index (χ3n) is 2.14. The van der Waals surface area contributed by atoms with Crippen LogP contribution in [-0.4, -0.2) is 24.6 Å². The zero-order valence-electron chi connectivity index (χ0n) is 9.27. The Morgan fingerprint density at radius 3 is 2.81 bits per heavy atom. The molecule has 0 saturated heterocycles. The number of nitro benzene ring substituents is 1. The summed E-state index contributed by atoms with van der Waals surface area (Å²) in [5.74, 6) is 0.246. The fourth-order valence-electron chi connectivity index (χ4n) is 1.27. The summed E-state index contributed by atoms with van der Waals surface area (Å²) in [6, 6.07) is 4.78. The number of benzene rings is 1. The van der Waals surface area contributed by atoms with Crippen LogP contribution in [0.2, 0.25) is 0 Å². The Morgan fingerprint density at radius 2 is 2.31 bits per heavy atom. The van der Waals surface area contributed by atoms with Gasteiger partial charge in [-0.1, -0.05) is 0 Å². The summed E-state index contributed by atoms with van der Waals surface area (Å²) in [7, 11) is 1.40. The fourth-order valence-corrected chi connectivity index (χ4v) is 1.27. The third kappa shape index (κ3) is 2.83. The van der Waals surface area contributed by atoms with Gasteiger partial charge in [0, 0.05) is 24.3 Å². The maximum atomic E-state index is 10.8. The van der Waals surface area contributed by atoms with E-state index in [0.717, 1.165) is 0 Å². The summed E-state index contributed by atoms with van der Waals surface area (Å²) in [5, 5.41) is 13.8. The van der Waals surface area contributed by atoms with Crippen molar-refractivity contribution in [2.24, 2.45) is 5.73 Å². The molecule has 0 heterocycles. The minimum absolute atomic E-state index is 0.0586. The molecule has 1 aromatic carbocycles. The largest absolute Gasteiger partial charge is 0.490 e. The van der Waals surface area contributed by atoms with Crippen molar-refractivity contribution in [3.8, 4) is 5.75 Å². The van der Waals surface area contributed by atoms with E-state index >= 15 is 0 Å². The van der Waals surface area contributed by atoms with Gasteiger partial charge in [0.1, 0.15) is 0 Å². The van der Waals surface area contributed by atoms with Crippen molar-refractivity contribution in [1.29, 1.82) is 0 Å². The number of ether oxygens (including phenoxy) is 1. The Kier molecular flexibility index (Phi) is 4.07. The fraction of sp³-hybridized carbons (Fsp3) is 0.400. The second-order valence-electron chi connectivity index (χ2n) is 3.42. The van der Waals surface area contributed by atoms with Crippen molar-refractivity contribution < 1.29 is 9.66 Å². The maximum absolute atomic E-state index is 10.8. The van der Waals surface area contributed by atoms with Crippen LogP contribution in [0, 0.1) is 10.1 Å². The number of hydrogen-bond acceptors (Lipinski definition) is 5. The van der Waals surface area contributed by atoms with Gasteiger partial charge in [-0.15, -0.1) is 0 Å². The lowest BCUT2D eigenvalue weighted by Gasteiger charge is -2.13. The summed E-state index contributed by atoms with van der Waals surface area (Å²) in [5.41, 5.74) is 6.05. The van der Waals surface area contributed by atoms with Crippen molar-refractivity contribution in [3.05, 3.63) is 28.3 Å². The highest BCUT2D eigenvalue weighted by molar-refractivity contribution is 5.58. The van der Waals surface area contributed by atoms with Gasteiger partial charge in [-0.25, -0.2) is 0 Å². The molecular weight excluding hydrogens is 210 g/mol. The molecule has 0 aliphatic carbocycles. The van der Waals surface area contributed by atoms with Crippen LogP contribution in [0.1, 0.15) is 6.92 Å². The molecule has 0 saturated carbocycles. The van der Waals surface area contributed by atoms with Crippen molar-refractivity contribution in [2.45, 2.75) is 13.0 Å². The predicted molar refractivity (Wildman–Crippen MR) is 61.8 cm³/mol. The monoisotopic (exact) mass is 225 g/mol. The standard InChI is InChI=1S/C10H15N3O3/c1-7(6-11)12-8-3-4-10(16-2)9(5-8)13(14)15/h3-5,7,12H,6,11H2,1-2H3. The predicted octanol–water partition coefficient (Wildman–Crippen LogP) is 1.36. The Labute approximate surface area is 93.5 Å². The number of nitrogens with one attached hydrogen (secondary N) is 1. The van der Waals surface area contributed by atoms with Gasteiger partial charge in [0.15, 0.2) is 5.75 Å². The van der Waals surface area contributed by atoms with Gasteiger partial charge in [0.25, 0.3) is 0 Å². The molecule has 3 N–H and O–H groups in total. The van der Waals surface area contributed by atoms with E-state index in [0.29, 0.717) is 12.2 Å². The zero-order valence-corrected chi connectivity index (χ0v) is 9.27. The van der Waals surface area contributed by atoms with E-state index in [9.17, 15) is 10.1 Å². The second kappa shape index (κ2) is 5.32. The first-order valence-electron chi connectivity index (χ1n) is 4.87. The summed E-state index contributed by atoms with van der Waals surface area (Å²) in [4.78, 5) is 10.3. The summed E-state index contributed by atoms with van der Waals surface area (Å²) in [6.45, 7) is 2.36. The number of nitrogens with two attached hydrogens (primary N) is 1. The lowest BCUT2D eigenvalue weighted by atomic mass is 10.2. The summed E-state index contributed by atoms with van der Waals surface area (Å²) in [6.07, 6.45) is 0. The highest BCUT2D eigenvalue weighted by Gasteiger charge is 2.15. The molecule has 0 spiro atoms. The Morgan fingerprint density at radius 1 is 1.62 bits per heavy atom. The van der Waals surface area contributed by atoms with Crippen molar-refractivity contribution >= 4 is 11.4 Å². The lowest BCUT2D eigenvalue weighted by molar-refractivity contribution is -0.385. The number of nitrogens with zero attached hydrogens (tertiary/aromatic N) is 1. The van der Waals surface area contributed by atoms with E-state index in [1.807, 2.05) is 6.92 Å². The number of hydrogen-bond donors (Lipinski definition) is 2. The van der Waals surface area contributed by atoms with E-state index in [1.54, 1.807) is 12.1 Å². The minimum atomic E-state index is -0.475. The SMILES string of the molecule is COc1ccc(NC(C)CN)cc1[N+](=O)[O-]. The number of nitro groups is 1. The first kappa shape index (κ1) is 12.3. The van der Waals surface area contributed by atoms with Gasteiger partial charge in [0.2, 0.25) is 0 Å². The molecule has 0 bridgehead atoms. The molecule has 0 aromatic heterocycles. The van der Waals surface area contributed by atoms with Crippen LogP contribution < -0.4 is 15.8 Å². The van der Waals surface area contributed by atoms with Crippen LogP contribution >= 0.6 is 0 Å². The quantitative estimate of drug-likeness (QED) is 0.583. The van der Waals surface area contributed by atoms with Crippen LogP contribution in [0.15, 0.2) is 18.2 Å². The molecule has 0 radical (unpaired) electrons. The second-order valence-corrected chi connectivity index (χ2v) is 3.42. The van der Waals surface area contributed by atoms with Crippen molar-refractivity contribution in [3.63, 3.8) is 0 Å². The first-order chi connectivity index (χ1) is 7.58. The van der Waals surface area contributed by atoms with Crippen molar-refractivity contribution in [1.82, 2.24) is 0 Å². The minimum Gasteiger partial charge on any atom is -0.490 e. The van der Waals surface area contributed by atoms with E-state index in [-0.39, 0.29) is 17.5 Å². The Balaban J connectivity index is 2.97. The molecule has 1 aromatic rings. The van der Waals surface area contributed by atoms with Crippen molar-refractivity contribution in [2.75, 3.05) is 19.0 Å². The van der Waals surface area contributed by atoms with Crippen LogP contribution in [0.25, 0.3) is 0 Å². The number of anilines is 1. The Bertz CT molecular complexity index is 382. The molecule has 1 unspecified atom stereocenters. The summed E-state index contributed by atoms with van der Waals surface area (Å²) >= 11 is 0. The van der Waals surface area contributed by atoms with Crippen LogP contribution in [0.3, 0.4) is 0 Å².